The Morgan fingerprint density at radius 1 is 1.20 bits per heavy atom. The largest absolute Gasteiger partial charge is 0.496 e. The Hall–Kier alpha value is -1.55. The molecule has 0 radical (unpaired) electrons. The van der Waals surface area contributed by atoms with Gasteiger partial charge in [-0.3, -0.25) is 0 Å². The number of methoxy groups -OCH3 is 1. The van der Waals surface area contributed by atoms with Gasteiger partial charge in [0.05, 0.1) is 11.6 Å². The normalized spacial score (nSPS) is 12.1. The lowest BCUT2D eigenvalue weighted by Crippen LogP contribution is -2.08. The van der Waals surface area contributed by atoms with Crippen molar-refractivity contribution in [2.45, 2.75) is 19.9 Å². The Morgan fingerprint density at radius 2 is 1.95 bits per heavy atom. The molecule has 0 aromatic heterocycles. The van der Waals surface area contributed by atoms with E-state index in [1.807, 2.05) is 32.0 Å². The average Bonchev–Trinajstić information content (AvgIpc) is 2.42. The first-order valence-corrected chi connectivity index (χ1v) is 7.16. The van der Waals surface area contributed by atoms with Gasteiger partial charge in [0.25, 0.3) is 0 Å². The van der Waals surface area contributed by atoms with Crippen LogP contribution in [0.2, 0.25) is 0 Å². The summed E-state index contributed by atoms with van der Waals surface area (Å²) in [6.07, 6.45) is 0. The van der Waals surface area contributed by atoms with Crippen LogP contribution in [0.1, 0.15) is 24.1 Å². The summed E-state index contributed by atoms with van der Waals surface area (Å²) in [5, 5.41) is 3.33. The molecule has 20 heavy (non-hydrogen) atoms. The molecule has 1 N–H and O–H groups in total. The number of anilines is 1. The van der Waals surface area contributed by atoms with Crippen LogP contribution < -0.4 is 10.1 Å². The third-order valence-corrected chi connectivity index (χ3v) is 3.87. The SMILES string of the molecule is COc1ccc(C(C)Nc2cc(F)ccc2C)cc1Br. The highest BCUT2D eigenvalue weighted by molar-refractivity contribution is 9.10. The van der Waals surface area contributed by atoms with Gasteiger partial charge in [0.2, 0.25) is 0 Å². The van der Waals surface area contributed by atoms with Crippen molar-refractivity contribution in [2.75, 3.05) is 12.4 Å². The molecular formula is C16H17BrFNO. The van der Waals surface area contributed by atoms with Gasteiger partial charge in [-0.1, -0.05) is 12.1 Å². The lowest BCUT2D eigenvalue weighted by Gasteiger charge is -2.18. The topological polar surface area (TPSA) is 21.3 Å². The monoisotopic (exact) mass is 337 g/mol. The van der Waals surface area contributed by atoms with E-state index in [-0.39, 0.29) is 11.9 Å². The van der Waals surface area contributed by atoms with E-state index in [2.05, 4.69) is 21.2 Å². The molecule has 2 rings (SSSR count). The van der Waals surface area contributed by atoms with Crippen LogP contribution in [0.3, 0.4) is 0 Å². The van der Waals surface area contributed by atoms with E-state index in [4.69, 9.17) is 4.74 Å². The Bertz CT molecular complexity index is 615. The summed E-state index contributed by atoms with van der Waals surface area (Å²) in [4.78, 5) is 0. The molecule has 0 fully saturated rings. The molecule has 0 heterocycles. The van der Waals surface area contributed by atoms with E-state index in [9.17, 15) is 4.39 Å². The summed E-state index contributed by atoms with van der Waals surface area (Å²) in [6.45, 7) is 4.00. The van der Waals surface area contributed by atoms with Gasteiger partial charge in [-0.25, -0.2) is 4.39 Å². The zero-order valence-electron chi connectivity index (χ0n) is 11.7. The number of ether oxygens (including phenoxy) is 1. The molecule has 0 spiro atoms. The number of hydrogen-bond acceptors (Lipinski definition) is 2. The highest BCUT2D eigenvalue weighted by atomic mass is 79.9. The smallest absolute Gasteiger partial charge is 0.133 e. The number of nitrogens with one attached hydrogen (secondary N) is 1. The second kappa shape index (κ2) is 6.27. The van der Waals surface area contributed by atoms with Gasteiger partial charge in [0, 0.05) is 11.7 Å². The van der Waals surface area contributed by atoms with Crippen molar-refractivity contribution in [1.82, 2.24) is 0 Å². The molecule has 0 saturated carbocycles. The zero-order valence-corrected chi connectivity index (χ0v) is 13.3. The van der Waals surface area contributed by atoms with Gasteiger partial charge in [0.1, 0.15) is 11.6 Å². The summed E-state index contributed by atoms with van der Waals surface area (Å²) in [5.41, 5.74) is 2.93. The molecule has 2 aromatic carbocycles. The van der Waals surface area contributed by atoms with Crippen LogP contribution in [-0.4, -0.2) is 7.11 Å². The van der Waals surface area contributed by atoms with Crippen molar-refractivity contribution >= 4 is 21.6 Å². The van der Waals surface area contributed by atoms with Gasteiger partial charge in [-0.2, -0.15) is 0 Å². The molecule has 0 bridgehead atoms. The Kier molecular flexibility index (Phi) is 4.65. The minimum Gasteiger partial charge on any atom is -0.496 e. The molecule has 2 aromatic rings. The quantitative estimate of drug-likeness (QED) is 0.840. The van der Waals surface area contributed by atoms with Crippen LogP contribution in [0, 0.1) is 12.7 Å². The van der Waals surface area contributed by atoms with Gasteiger partial charge in [0.15, 0.2) is 0 Å². The lowest BCUT2D eigenvalue weighted by molar-refractivity contribution is 0.412. The number of halogens is 2. The second-order valence-electron chi connectivity index (χ2n) is 4.72. The van der Waals surface area contributed by atoms with E-state index in [1.54, 1.807) is 13.2 Å². The fourth-order valence-corrected chi connectivity index (χ4v) is 2.58. The first-order chi connectivity index (χ1) is 9.51. The van der Waals surface area contributed by atoms with Crippen molar-refractivity contribution in [1.29, 1.82) is 0 Å². The maximum Gasteiger partial charge on any atom is 0.133 e. The van der Waals surface area contributed by atoms with Crippen molar-refractivity contribution in [3.8, 4) is 5.75 Å². The highest BCUT2D eigenvalue weighted by Gasteiger charge is 2.10. The van der Waals surface area contributed by atoms with Crippen molar-refractivity contribution in [3.63, 3.8) is 0 Å². The highest BCUT2D eigenvalue weighted by Crippen LogP contribution is 2.30. The number of aryl methyl sites for hydroxylation is 1. The second-order valence-corrected chi connectivity index (χ2v) is 5.57. The Balaban J connectivity index is 2.21. The van der Waals surface area contributed by atoms with Crippen LogP contribution in [-0.2, 0) is 0 Å². The van der Waals surface area contributed by atoms with Gasteiger partial charge >= 0.3 is 0 Å². The molecular weight excluding hydrogens is 321 g/mol. The molecule has 2 nitrogen and oxygen atoms in total. The summed E-state index contributed by atoms with van der Waals surface area (Å²) in [5.74, 6) is 0.559. The van der Waals surface area contributed by atoms with Crippen molar-refractivity contribution in [2.24, 2.45) is 0 Å². The third kappa shape index (κ3) is 3.31. The maximum atomic E-state index is 13.3. The summed E-state index contributed by atoms with van der Waals surface area (Å²) < 4.78 is 19.4. The molecule has 0 amide bonds. The molecule has 0 aliphatic carbocycles. The first kappa shape index (κ1) is 14.9. The summed E-state index contributed by atoms with van der Waals surface area (Å²) >= 11 is 3.47. The maximum absolute atomic E-state index is 13.3. The summed E-state index contributed by atoms with van der Waals surface area (Å²) in [6, 6.07) is 10.7. The average molecular weight is 338 g/mol. The van der Waals surface area contributed by atoms with Crippen LogP contribution in [0.5, 0.6) is 5.75 Å². The number of benzene rings is 2. The Labute approximate surface area is 127 Å². The van der Waals surface area contributed by atoms with Crippen LogP contribution >= 0.6 is 15.9 Å². The van der Waals surface area contributed by atoms with Crippen LogP contribution in [0.15, 0.2) is 40.9 Å². The fourth-order valence-electron chi connectivity index (χ4n) is 2.02. The molecule has 1 unspecified atom stereocenters. The molecule has 0 saturated heterocycles. The predicted octanol–water partition coefficient (Wildman–Crippen LogP) is 5.08. The molecule has 106 valence electrons. The van der Waals surface area contributed by atoms with Crippen LogP contribution in [0.4, 0.5) is 10.1 Å². The zero-order chi connectivity index (χ0) is 14.7. The predicted molar refractivity (Wildman–Crippen MR) is 83.9 cm³/mol. The minimum absolute atomic E-state index is 0.0673. The first-order valence-electron chi connectivity index (χ1n) is 6.37. The van der Waals surface area contributed by atoms with E-state index in [1.165, 1.54) is 12.1 Å². The standard InChI is InChI=1S/C16H17BrFNO/c1-10-4-6-13(18)9-15(10)19-11(2)12-5-7-16(20-3)14(17)8-12/h4-9,11,19H,1-3H3. The van der Waals surface area contributed by atoms with E-state index in [0.717, 1.165) is 27.0 Å². The third-order valence-electron chi connectivity index (χ3n) is 3.25. The minimum atomic E-state index is -0.235. The fraction of sp³-hybridized carbons (Fsp3) is 0.250. The van der Waals surface area contributed by atoms with E-state index in [0.29, 0.717) is 0 Å². The lowest BCUT2D eigenvalue weighted by atomic mass is 10.1. The molecule has 4 heteroatoms. The molecule has 0 aliphatic rings. The van der Waals surface area contributed by atoms with Gasteiger partial charge < -0.3 is 10.1 Å². The van der Waals surface area contributed by atoms with Crippen molar-refractivity contribution in [3.05, 3.63) is 57.8 Å². The van der Waals surface area contributed by atoms with Crippen molar-refractivity contribution < 1.29 is 9.13 Å². The van der Waals surface area contributed by atoms with E-state index < -0.39 is 0 Å². The number of rotatable bonds is 4. The van der Waals surface area contributed by atoms with E-state index >= 15 is 0 Å². The van der Waals surface area contributed by atoms with Gasteiger partial charge in [-0.05, 0) is 65.2 Å². The molecule has 1 atom stereocenters. The number of hydrogen-bond donors (Lipinski definition) is 1. The summed E-state index contributed by atoms with van der Waals surface area (Å²) in [7, 11) is 1.64. The van der Waals surface area contributed by atoms with Crippen LogP contribution in [0.25, 0.3) is 0 Å². The van der Waals surface area contributed by atoms with Gasteiger partial charge in [-0.15, -0.1) is 0 Å². The Morgan fingerprint density at radius 3 is 2.60 bits per heavy atom. The molecule has 0 aliphatic heterocycles.